The summed E-state index contributed by atoms with van der Waals surface area (Å²) in [4.78, 5) is 22.6. The molecule has 0 aromatic rings. The first-order valence-electron chi connectivity index (χ1n) is 16.9. The summed E-state index contributed by atoms with van der Waals surface area (Å²) in [6.07, 6.45) is 31.5. The zero-order valence-corrected chi connectivity index (χ0v) is 29.5. The third-order valence-electron chi connectivity index (χ3n) is 6.65. The number of hydrogen-bond acceptors (Lipinski definition) is 6. The fourth-order valence-electron chi connectivity index (χ4n) is 4.01. The molecule has 9 heteroatoms. The minimum Gasteiger partial charge on any atom is -0.457 e. The number of carbonyl (C=O) groups excluding carboxylic acids is 1. The number of likely N-dealkylation sites (N-methyl/N-ethyl adjacent to an activating group) is 1. The Morgan fingerprint density at radius 2 is 1.32 bits per heavy atom. The Hall–Kier alpha value is -1.54. The molecular weight excluding hydrogens is 577 g/mol. The normalized spacial score (nSPS) is 14.8. The third-order valence-corrected chi connectivity index (χ3v) is 7.64. The topological polar surface area (TPSA) is 91.3 Å². The van der Waals surface area contributed by atoms with Crippen molar-refractivity contribution >= 4 is 13.8 Å². The fraction of sp³-hybridized carbons (Fsp3) is 0.743. The van der Waals surface area contributed by atoms with Crippen LogP contribution >= 0.6 is 7.82 Å². The van der Waals surface area contributed by atoms with Gasteiger partial charge < -0.3 is 18.9 Å². The van der Waals surface area contributed by atoms with Crippen molar-refractivity contribution in [1.29, 1.82) is 0 Å². The molecule has 0 aromatic heterocycles. The standard InChI is InChI=1S/C35H64NO7P/c1-6-8-10-12-14-15-16-17-18-19-20-21-22-24-26-28-35(37)43-34(32-40-30-27-25-23-13-11-9-7-2)33-42-44(38,39)41-31-29-36(3,4)5/h8,10,14-15,17-18,20-21,34H,6-7,9,11-13,16,19,22-33H2,1-5H3/p+1/b10-8-,15-14-,18-17-,21-20-. The number of ether oxygens (including phenoxy) is 2. The lowest BCUT2D eigenvalue weighted by atomic mass is 10.1. The van der Waals surface area contributed by atoms with E-state index in [0.29, 0.717) is 24.1 Å². The van der Waals surface area contributed by atoms with Crippen LogP contribution in [0.5, 0.6) is 0 Å². The van der Waals surface area contributed by atoms with Crippen LogP contribution in [-0.2, 0) is 27.9 Å². The van der Waals surface area contributed by atoms with Crippen LogP contribution in [0.1, 0.15) is 110 Å². The van der Waals surface area contributed by atoms with Crippen molar-refractivity contribution in [3.05, 3.63) is 48.6 Å². The molecule has 2 atom stereocenters. The van der Waals surface area contributed by atoms with E-state index in [2.05, 4.69) is 62.5 Å². The van der Waals surface area contributed by atoms with Crippen LogP contribution in [0.4, 0.5) is 0 Å². The van der Waals surface area contributed by atoms with Crippen LogP contribution in [0.3, 0.4) is 0 Å². The molecule has 0 rings (SSSR count). The number of hydrogen-bond donors (Lipinski definition) is 1. The van der Waals surface area contributed by atoms with Crippen molar-refractivity contribution in [1.82, 2.24) is 0 Å². The lowest BCUT2D eigenvalue weighted by Gasteiger charge is -2.24. The predicted octanol–water partition coefficient (Wildman–Crippen LogP) is 8.87. The van der Waals surface area contributed by atoms with Gasteiger partial charge >= 0.3 is 13.8 Å². The van der Waals surface area contributed by atoms with Gasteiger partial charge in [-0.25, -0.2) is 4.57 Å². The van der Waals surface area contributed by atoms with Crippen LogP contribution in [0.25, 0.3) is 0 Å². The number of nitrogens with zero attached hydrogens (tertiary/aromatic N) is 1. The number of phosphoric acid groups is 1. The van der Waals surface area contributed by atoms with Gasteiger partial charge in [-0.05, 0) is 51.4 Å². The molecule has 8 nitrogen and oxygen atoms in total. The van der Waals surface area contributed by atoms with E-state index < -0.39 is 13.9 Å². The molecule has 2 unspecified atom stereocenters. The summed E-state index contributed by atoms with van der Waals surface area (Å²) in [6, 6.07) is 0. The van der Waals surface area contributed by atoms with Crippen LogP contribution in [0.15, 0.2) is 48.6 Å². The summed E-state index contributed by atoms with van der Waals surface area (Å²) >= 11 is 0. The van der Waals surface area contributed by atoms with Crippen molar-refractivity contribution in [2.45, 2.75) is 116 Å². The quantitative estimate of drug-likeness (QED) is 0.0275. The molecule has 0 aliphatic rings. The Bertz CT molecular complexity index is 849. The summed E-state index contributed by atoms with van der Waals surface area (Å²) in [7, 11) is 1.63. The second kappa shape index (κ2) is 28.9. The summed E-state index contributed by atoms with van der Waals surface area (Å²) in [6.45, 7) is 5.38. The maximum atomic E-state index is 12.5. The van der Waals surface area contributed by atoms with Crippen LogP contribution < -0.4 is 0 Å². The highest BCUT2D eigenvalue weighted by Crippen LogP contribution is 2.43. The van der Waals surface area contributed by atoms with E-state index in [1.165, 1.54) is 32.1 Å². The van der Waals surface area contributed by atoms with Crippen LogP contribution in [0, 0.1) is 0 Å². The average Bonchev–Trinajstić information content (AvgIpc) is 2.96. The first kappa shape index (κ1) is 42.5. The van der Waals surface area contributed by atoms with Gasteiger partial charge in [-0.2, -0.15) is 0 Å². The van der Waals surface area contributed by atoms with Gasteiger partial charge in [0.1, 0.15) is 19.3 Å². The largest absolute Gasteiger partial charge is 0.472 e. The lowest BCUT2D eigenvalue weighted by molar-refractivity contribution is -0.870. The number of esters is 1. The minimum absolute atomic E-state index is 0.0791. The Morgan fingerprint density at radius 1 is 0.727 bits per heavy atom. The smallest absolute Gasteiger partial charge is 0.457 e. The highest BCUT2D eigenvalue weighted by molar-refractivity contribution is 7.47. The molecular formula is C35H65NO7P+. The fourth-order valence-corrected chi connectivity index (χ4v) is 4.75. The number of rotatable bonds is 30. The zero-order valence-electron chi connectivity index (χ0n) is 28.6. The van der Waals surface area contributed by atoms with Crippen molar-refractivity contribution in [3.63, 3.8) is 0 Å². The second-order valence-electron chi connectivity index (χ2n) is 12.2. The summed E-state index contributed by atoms with van der Waals surface area (Å²) in [5, 5.41) is 0. The van der Waals surface area contributed by atoms with Gasteiger partial charge in [-0.3, -0.25) is 13.8 Å². The molecule has 0 saturated carbocycles. The monoisotopic (exact) mass is 642 g/mol. The van der Waals surface area contributed by atoms with Crippen molar-refractivity contribution in [2.75, 3.05) is 54.1 Å². The van der Waals surface area contributed by atoms with E-state index in [9.17, 15) is 14.3 Å². The Morgan fingerprint density at radius 3 is 1.93 bits per heavy atom. The third kappa shape index (κ3) is 31.9. The molecule has 1 N–H and O–H groups in total. The predicted molar refractivity (Wildman–Crippen MR) is 182 cm³/mol. The SMILES string of the molecule is CC/C=C\C/C=C\C/C=C\C/C=C\CCCCC(=O)OC(COCCCCCCCCC)COP(=O)(O)OCC[N+](C)(C)C. The second-order valence-corrected chi connectivity index (χ2v) is 13.6. The van der Waals surface area contributed by atoms with Gasteiger partial charge in [0, 0.05) is 13.0 Å². The van der Waals surface area contributed by atoms with E-state index in [1.54, 1.807) is 0 Å². The van der Waals surface area contributed by atoms with Crippen LogP contribution in [0.2, 0.25) is 0 Å². The molecule has 0 aromatic carbocycles. The van der Waals surface area contributed by atoms with E-state index in [1.807, 2.05) is 21.1 Å². The number of allylic oxidation sites excluding steroid dienone is 8. The van der Waals surface area contributed by atoms with E-state index in [-0.39, 0.29) is 32.2 Å². The molecule has 0 heterocycles. The van der Waals surface area contributed by atoms with E-state index in [4.69, 9.17) is 18.5 Å². The number of phosphoric ester groups is 1. The summed E-state index contributed by atoms with van der Waals surface area (Å²) in [5.41, 5.74) is 0. The van der Waals surface area contributed by atoms with Crippen molar-refractivity contribution in [3.8, 4) is 0 Å². The Kier molecular flexibility index (Phi) is 27.9. The molecule has 0 radical (unpaired) electrons. The van der Waals surface area contributed by atoms with Gasteiger partial charge in [0.05, 0.1) is 34.4 Å². The molecule has 44 heavy (non-hydrogen) atoms. The first-order valence-corrected chi connectivity index (χ1v) is 18.4. The number of unbranched alkanes of at least 4 members (excludes halogenated alkanes) is 8. The minimum atomic E-state index is -4.27. The first-order chi connectivity index (χ1) is 21.1. The van der Waals surface area contributed by atoms with Gasteiger partial charge in [-0.1, -0.05) is 101 Å². The summed E-state index contributed by atoms with van der Waals surface area (Å²) < 4.78 is 34.5. The molecule has 0 saturated heterocycles. The van der Waals surface area contributed by atoms with E-state index in [0.717, 1.165) is 51.4 Å². The summed E-state index contributed by atoms with van der Waals surface area (Å²) in [5.74, 6) is -0.359. The zero-order chi connectivity index (χ0) is 32.8. The number of quaternary nitrogens is 1. The Balaban J connectivity index is 4.42. The van der Waals surface area contributed by atoms with E-state index >= 15 is 0 Å². The molecule has 0 fully saturated rings. The average molecular weight is 643 g/mol. The number of carbonyl (C=O) groups is 1. The van der Waals surface area contributed by atoms with Crippen LogP contribution in [-0.4, -0.2) is 75.6 Å². The highest BCUT2D eigenvalue weighted by atomic mass is 31.2. The van der Waals surface area contributed by atoms with Crippen molar-refractivity contribution in [2.24, 2.45) is 0 Å². The Labute approximate surface area is 269 Å². The highest BCUT2D eigenvalue weighted by Gasteiger charge is 2.26. The molecule has 0 aliphatic heterocycles. The lowest BCUT2D eigenvalue weighted by Crippen LogP contribution is -2.37. The van der Waals surface area contributed by atoms with Gasteiger partial charge in [0.2, 0.25) is 0 Å². The molecule has 0 bridgehead atoms. The van der Waals surface area contributed by atoms with Gasteiger partial charge in [-0.15, -0.1) is 0 Å². The van der Waals surface area contributed by atoms with Gasteiger partial charge in [0.15, 0.2) is 0 Å². The molecule has 0 spiro atoms. The molecule has 0 amide bonds. The maximum absolute atomic E-state index is 12.5. The molecule has 256 valence electrons. The van der Waals surface area contributed by atoms with Crippen molar-refractivity contribution < 1.29 is 37.3 Å². The molecule has 0 aliphatic carbocycles. The maximum Gasteiger partial charge on any atom is 0.472 e. The van der Waals surface area contributed by atoms with Gasteiger partial charge in [0.25, 0.3) is 0 Å².